The van der Waals surface area contributed by atoms with Crippen molar-refractivity contribution in [3.05, 3.63) is 80.7 Å². The van der Waals surface area contributed by atoms with Crippen molar-refractivity contribution < 1.29 is 19.1 Å². The molecule has 4 atom stereocenters. The monoisotopic (exact) mass is 496 g/mol. The van der Waals surface area contributed by atoms with Gasteiger partial charge in [-0.05, 0) is 47.7 Å². The summed E-state index contributed by atoms with van der Waals surface area (Å²) in [5.41, 5.74) is -0.330. The van der Waals surface area contributed by atoms with Crippen molar-refractivity contribution in [1.29, 1.82) is 0 Å². The van der Waals surface area contributed by atoms with Gasteiger partial charge in [0, 0.05) is 24.7 Å². The summed E-state index contributed by atoms with van der Waals surface area (Å²) in [6.07, 6.45) is 5.44. The number of carbonyl (C=O) groups is 1. The first-order valence-electron chi connectivity index (χ1n) is 12.3. The van der Waals surface area contributed by atoms with E-state index in [4.69, 9.17) is 4.74 Å². The van der Waals surface area contributed by atoms with Crippen LogP contribution in [0.3, 0.4) is 0 Å². The van der Waals surface area contributed by atoms with Crippen molar-refractivity contribution in [2.24, 2.45) is 11.8 Å². The Morgan fingerprint density at radius 3 is 2.32 bits per heavy atom. The molecule has 180 valence electrons. The number of thiophene rings is 2. The van der Waals surface area contributed by atoms with E-state index < -0.39 is 11.6 Å². The van der Waals surface area contributed by atoms with Crippen LogP contribution in [0, 0.1) is 11.8 Å². The molecule has 1 N–H and O–H groups in total. The number of nitrogens with zero attached hydrogens (tertiary/aromatic N) is 1. The van der Waals surface area contributed by atoms with Gasteiger partial charge in [0.05, 0.1) is 36.4 Å². The Morgan fingerprint density at radius 2 is 1.71 bits per heavy atom. The summed E-state index contributed by atoms with van der Waals surface area (Å²) in [6, 6.07) is 18.6. The molecule has 4 nitrogen and oxygen atoms in total. The van der Waals surface area contributed by atoms with Crippen LogP contribution in [0.5, 0.6) is 0 Å². The van der Waals surface area contributed by atoms with Crippen LogP contribution in [-0.4, -0.2) is 48.3 Å². The molecule has 2 aromatic heterocycles. The van der Waals surface area contributed by atoms with Gasteiger partial charge in [-0.1, -0.05) is 42.5 Å². The standard InChI is InChI=1S/C28H34NO3S2/c1-29(2,16-6-11-20-9-4-3-5-10-20)23-19-21-14-15-22(23)26(21)32-27(30)28(31,24-12-7-17-33-24)25-13-8-18-34-25/h3-5,7-10,12-13,17-18,21-23,26,31H,6,11,14-16,19H2,1-2H3/q+1. The first kappa shape index (κ1) is 23.7. The third kappa shape index (κ3) is 4.37. The molecule has 1 aromatic carbocycles. The molecular weight excluding hydrogens is 462 g/mol. The first-order chi connectivity index (χ1) is 16.4. The summed E-state index contributed by atoms with van der Waals surface area (Å²) in [5, 5.41) is 15.4. The number of benzene rings is 1. The summed E-state index contributed by atoms with van der Waals surface area (Å²) in [7, 11) is 4.67. The van der Waals surface area contributed by atoms with Crippen molar-refractivity contribution in [2.45, 2.75) is 49.9 Å². The van der Waals surface area contributed by atoms with Gasteiger partial charge < -0.3 is 14.3 Å². The Balaban J connectivity index is 1.28. The van der Waals surface area contributed by atoms with Gasteiger partial charge in [-0.15, -0.1) is 22.7 Å². The van der Waals surface area contributed by atoms with E-state index in [0.717, 1.165) is 43.1 Å². The van der Waals surface area contributed by atoms with Gasteiger partial charge in [0.15, 0.2) is 0 Å². The van der Waals surface area contributed by atoms with E-state index in [9.17, 15) is 9.90 Å². The number of aliphatic hydroxyl groups is 1. The maximum Gasteiger partial charge on any atom is 0.349 e. The number of carbonyl (C=O) groups excluding carboxylic acids is 1. The maximum absolute atomic E-state index is 13.6. The normalized spacial score (nSPS) is 24.4. The molecule has 2 aliphatic rings. The minimum Gasteiger partial charge on any atom is -0.459 e. The number of hydrogen-bond donors (Lipinski definition) is 1. The SMILES string of the molecule is C[N+](C)(CCCc1ccccc1)C1CC2CCC1C2OC(=O)C(O)(c1cccs1)c1cccs1. The fourth-order valence-electron chi connectivity index (χ4n) is 6.22. The second-order valence-electron chi connectivity index (χ2n) is 10.4. The van der Waals surface area contributed by atoms with Crippen molar-refractivity contribution in [2.75, 3.05) is 20.6 Å². The van der Waals surface area contributed by atoms with E-state index in [1.54, 1.807) is 0 Å². The zero-order valence-electron chi connectivity index (χ0n) is 19.9. The Morgan fingerprint density at radius 1 is 1.03 bits per heavy atom. The Kier molecular flexibility index (Phi) is 6.68. The molecular formula is C28H34NO3S2+. The number of ether oxygens (including phenoxy) is 1. The largest absolute Gasteiger partial charge is 0.459 e. The van der Waals surface area contributed by atoms with Crippen molar-refractivity contribution in [3.63, 3.8) is 0 Å². The van der Waals surface area contributed by atoms with Crippen molar-refractivity contribution >= 4 is 28.6 Å². The number of aryl methyl sites for hydroxylation is 1. The van der Waals surface area contributed by atoms with Gasteiger partial charge in [0.1, 0.15) is 6.10 Å². The van der Waals surface area contributed by atoms with Crippen LogP contribution in [0.25, 0.3) is 0 Å². The molecule has 34 heavy (non-hydrogen) atoms. The molecule has 5 rings (SSSR count). The van der Waals surface area contributed by atoms with Crippen LogP contribution in [0.1, 0.15) is 41.0 Å². The Bertz CT molecular complexity index is 1040. The van der Waals surface area contributed by atoms with Gasteiger partial charge in [-0.2, -0.15) is 0 Å². The molecule has 0 radical (unpaired) electrons. The highest BCUT2D eigenvalue weighted by atomic mass is 32.1. The summed E-state index contributed by atoms with van der Waals surface area (Å²) in [6.45, 7) is 1.11. The lowest BCUT2D eigenvalue weighted by Crippen LogP contribution is -2.52. The number of rotatable bonds is 9. The fourth-order valence-corrected chi connectivity index (χ4v) is 7.94. The van der Waals surface area contributed by atoms with E-state index >= 15 is 0 Å². The van der Waals surface area contributed by atoms with E-state index in [1.807, 2.05) is 35.0 Å². The average molecular weight is 497 g/mol. The van der Waals surface area contributed by atoms with Crippen molar-refractivity contribution in [3.8, 4) is 0 Å². The fraction of sp³-hybridized carbons (Fsp3) is 0.464. The van der Waals surface area contributed by atoms with E-state index in [-0.39, 0.29) is 6.10 Å². The number of quaternary nitrogens is 1. The van der Waals surface area contributed by atoms with Gasteiger partial charge >= 0.3 is 5.97 Å². The van der Waals surface area contributed by atoms with Gasteiger partial charge in [0.25, 0.3) is 0 Å². The van der Waals surface area contributed by atoms with Crippen LogP contribution in [0.4, 0.5) is 0 Å². The van der Waals surface area contributed by atoms with Crippen LogP contribution >= 0.6 is 22.7 Å². The van der Waals surface area contributed by atoms with Crippen LogP contribution in [0.15, 0.2) is 65.4 Å². The lowest BCUT2D eigenvalue weighted by molar-refractivity contribution is -0.918. The first-order valence-corrected chi connectivity index (χ1v) is 14.0. The van der Waals surface area contributed by atoms with E-state index in [2.05, 4.69) is 44.4 Å². The lowest BCUT2D eigenvalue weighted by atomic mass is 9.92. The average Bonchev–Trinajstić information content (AvgIpc) is 3.65. The molecule has 3 aromatic rings. The zero-order valence-corrected chi connectivity index (χ0v) is 21.6. The molecule has 4 unspecified atom stereocenters. The summed E-state index contributed by atoms with van der Waals surface area (Å²) in [4.78, 5) is 14.8. The zero-order chi connectivity index (χ0) is 23.8. The predicted molar refractivity (Wildman–Crippen MR) is 138 cm³/mol. The second kappa shape index (κ2) is 9.57. The predicted octanol–water partition coefficient (Wildman–Crippen LogP) is 5.47. The summed E-state index contributed by atoms with van der Waals surface area (Å²) >= 11 is 2.79. The number of esters is 1. The summed E-state index contributed by atoms with van der Waals surface area (Å²) < 4.78 is 7.19. The third-order valence-corrected chi connectivity index (χ3v) is 9.99. The molecule has 0 saturated heterocycles. The van der Waals surface area contributed by atoms with E-state index in [0.29, 0.717) is 27.6 Å². The van der Waals surface area contributed by atoms with Gasteiger partial charge in [-0.3, -0.25) is 0 Å². The molecule has 2 heterocycles. The van der Waals surface area contributed by atoms with Crippen LogP contribution in [-0.2, 0) is 21.6 Å². The molecule has 2 aliphatic carbocycles. The van der Waals surface area contributed by atoms with Crippen molar-refractivity contribution in [1.82, 2.24) is 0 Å². The highest BCUT2D eigenvalue weighted by Crippen LogP contribution is 2.50. The molecule has 0 aliphatic heterocycles. The minimum absolute atomic E-state index is 0.101. The second-order valence-corrected chi connectivity index (χ2v) is 12.3. The third-order valence-electron chi connectivity index (χ3n) is 8.03. The van der Waals surface area contributed by atoms with Crippen LogP contribution < -0.4 is 0 Å². The minimum atomic E-state index is -1.72. The highest BCUT2D eigenvalue weighted by Gasteiger charge is 2.57. The molecule has 0 amide bonds. The van der Waals surface area contributed by atoms with Gasteiger partial charge in [-0.25, -0.2) is 4.79 Å². The van der Waals surface area contributed by atoms with Gasteiger partial charge in [0.2, 0.25) is 5.60 Å². The molecule has 0 spiro atoms. The number of hydrogen-bond acceptors (Lipinski definition) is 5. The Hall–Kier alpha value is -1.99. The Labute approximate surface area is 210 Å². The highest BCUT2D eigenvalue weighted by molar-refractivity contribution is 7.12. The number of fused-ring (bicyclic) bond motifs is 2. The quantitative estimate of drug-likeness (QED) is 0.316. The summed E-state index contributed by atoms with van der Waals surface area (Å²) in [5.74, 6) is 0.229. The molecule has 2 fully saturated rings. The molecule has 2 bridgehead atoms. The smallest absolute Gasteiger partial charge is 0.349 e. The lowest BCUT2D eigenvalue weighted by Gasteiger charge is -2.40. The van der Waals surface area contributed by atoms with Crippen LogP contribution in [0.2, 0.25) is 0 Å². The molecule has 2 saturated carbocycles. The topological polar surface area (TPSA) is 46.5 Å². The van der Waals surface area contributed by atoms with E-state index in [1.165, 1.54) is 28.2 Å². The molecule has 6 heteroatoms. The maximum atomic E-state index is 13.6.